The summed E-state index contributed by atoms with van der Waals surface area (Å²) in [5.74, 6) is 0.0157. The fourth-order valence-electron chi connectivity index (χ4n) is 3.89. The number of amides is 2. The molecule has 1 saturated heterocycles. The van der Waals surface area contributed by atoms with Crippen molar-refractivity contribution in [3.8, 4) is 0 Å². The maximum atomic E-state index is 12.2. The second-order valence-electron chi connectivity index (χ2n) is 7.60. The molecule has 0 bridgehead atoms. The summed E-state index contributed by atoms with van der Waals surface area (Å²) in [7, 11) is 0. The van der Waals surface area contributed by atoms with Crippen molar-refractivity contribution in [3.63, 3.8) is 0 Å². The zero-order chi connectivity index (χ0) is 18.7. The van der Waals surface area contributed by atoms with Crippen LogP contribution in [0.3, 0.4) is 0 Å². The Kier molecular flexibility index (Phi) is 5.90. The number of carbonyl (C=O) groups excluding carboxylic acids is 2. The van der Waals surface area contributed by atoms with E-state index in [4.69, 9.17) is 5.21 Å². The average Bonchev–Trinajstić information content (AvgIpc) is 2.78. The maximum absolute atomic E-state index is 12.2. The highest BCUT2D eigenvalue weighted by Crippen LogP contribution is 2.25. The summed E-state index contributed by atoms with van der Waals surface area (Å²) in [5.41, 5.74) is 3.68. The van der Waals surface area contributed by atoms with Crippen LogP contribution in [0.1, 0.15) is 42.6 Å². The van der Waals surface area contributed by atoms with Gasteiger partial charge >= 0.3 is 0 Å². The van der Waals surface area contributed by atoms with Crippen molar-refractivity contribution < 1.29 is 14.8 Å². The lowest BCUT2D eigenvalue weighted by Gasteiger charge is -2.36. The molecule has 0 atom stereocenters. The van der Waals surface area contributed by atoms with Crippen LogP contribution in [-0.2, 0) is 11.3 Å². The van der Waals surface area contributed by atoms with Crippen molar-refractivity contribution in [2.75, 3.05) is 31.5 Å². The summed E-state index contributed by atoms with van der Waals surface area (Å²) in [6, 6.07) is 5.65. The predicted molar refractivity (Wildman–Crippen MR) is 99.0 cm³/mol. The molecule has 7 heteroatoms. The molecule has 0 saturated carbocycles. The number of hydrogen-bond donors (Lipinski definition) is 3. The van der Waals surface area contributed by atoms with Crippen molar-refractivity contribution >= 4 is 17.5 Å². The Labute approximate surface area is 154 Å². The van der Waals surface area contributed by atoms with E-state index >= 15 is 0 Å². The van der Waals surface area contributed by atoms with Gasteiger partial charge in [0.2, 0.25) is 5.91 Å². The van der Waals surface area contributed by atoms with Gasteiger partial charge in [-0.2, -0.15) is 0 Å². The molecular formula is C19H28N4O3. The third-order valence-corrected chi connectivity index (χ3v) is 5.40. The summed E-state index contributed by atoms with van der Waals surface area (Å²) < 4.78 is 0. The third kappa shape index (κ3) is 4.41. The van der Waals surface area contributed by atoms with Crippen LogP contribution in [0.2, 0.25) is 0 Å². The second kappa shape index (κ2) is 8.16. The number of likely N-dealkylation sites (tertiary alicyclic amines) is 1. The molecule has 3 rings (SSSR count). The van der Waals surface area contributed by atoms with E-state index in [1.807, 2.05) is 0 Å². The van der Waals surface area contributed by atoms with E-state index in [0.29, 0.717) is 30.6 Å². The number of benzene rings is 1. The van der Waals surface area contributed by atoms with Crippen LogP contribution in [0.5, 0.6) is 0 Å². The largest absolute Gasteiger partial charge is 0.325 e. The van der Waals surface area contributed by atoms with Gasteiger partial charge in [-0.25, -0.2) is 5.48 Å². The summed E-state index contributed by atoms with van der Waals surface area (Å²) in [5, 5.41) is 11.7. The Bertz CT molecular complexity index is 669. The first-order valence-corrected chi connectivity index (χ1v) is 9.30. The summed E-state index contributed by atoms with van der Waals surface area (Å²) in [6.45, 7) is 8.55. The van der Waals surface area contributed by atoms with Gasteiger partial charge in [0.15, 0.2) is 0 Å². The van der Waals surface area contributed by atoms with Crippen LogP contribution >= 0.6 is 0 Å². The number of nitrogens with zero attached hydrogens (tertiary/aromatic N) is 2. The van der Waals surface area contributed by atoms with Gasteiger partial charge in [-0.15, -0.1) is 0 Å². The highest BCUT2D eigenvalue weighted by atomic mass is 16.5. The number of piperidine rings is 1. The number of anilines is 1. The number of hydroxylamine groups is 1. The van der Waals surface area contributed by atoms with Crippen LogP contribution in [-0.4, -0.2) is 59.0 Å². The highest BCUT2D eigenvalue weighted by molar-refractivity contribution is 5.97. The molecular weight excluding hydrogens is 332 g/mol. The minimum atomic E-state index is -0.545. The van der Waals surface area contributed by atoms with Gasteiger partial charge in [-0.3, -0.25) is 19.7 Å². The van der Waals surface area contributed by atoms with E-state index in [2.05, 4.69) is 29.0 Å². The molecule has 0 radical (unpaired) electrons. The Balaban J connectivity index is 1.68. The number of nitrogens with one attached hydrogen (secondary N) is 2. The average molecular weight is 360 g/mol. The maximum Gasteiger partial charge on any atom is 0.274 e. The van der Waals surface area contributed by atoms with Crippen LogP contribution in [0.15, 0.2) is 18.2 Å². The second-order valence-corrected chi connectivity index (χ2v) is 7.60. The Hall–Kier alpha value is -1.96. The van der Waals surface area contributed by atoms with E-state index in [0.717, 1.165) is 43.7 Å². The molecule has 1 aromatic carbocycles. The summed E-state index contributed by atoms with van der Waals surface area (Å²) >= 11 is 0. The van der Waals surface area contributed by atoms with Gasteiger partial charge in [-0.1, -0.05) is 0 Å². The van der Waals surface area contributed by atoms with Crippen molar-refractivity contribution in [1.82, 2.24) is 15.3 Å². The smallest absolute Gasteiger partial charge is 0.274 e. The molecule has 0 unspecified atom stereocenters. The van der Waals surface area contributed by atoms with Crippen LogP contribution in [0, 0.1) is 5.92 Å². The highest BCUT2D eigenvalue weighted by Gasteiger charge is 2.26. The first kappa shape index (κ1) is 18.8. The molecule has 0 aliphatic carbocycles. The normalized spacial score (nSPS) is 19.8. The molecule has 142 valence electrons. The monoisotopic (exact) mass is 360 g/mol. The Morgan fingerprint density at radius 3 is 2.69 bits per heavy atom. The van der Waals surface area contributed by atoms with Gasteiger partial charge < -0.3 is 10.2 Å². The molecule has 2 aliphatic rings. The zero-order valence-corrected chi connectivity index (χ0v) is 15.5. The van der Waals surface area contributed by atoms with Crippen molar-refractivity contribution in [2.45, 2.75) is 39.3 Å². The lowest BCUT2D eigenvalue weighted by Crippen LogP contribution is -2.42. The van der Waals surface area contributed by atoms with Gasteiger partial charge in [-0.05, 0) is 69.5 Å². The van der Waals surface area contributed by atoms with Crippen molar-refractivity contribution in [3.05, 3.63) is 29.3 Å². The number of carbonyl (C=O) groups is 2. The molecule has 2 aliphatic heterocycles. The van der Waals surface area contributed by atoms with E-state index in [1.54, 1.807) is 23.7 Å². The number of fused-ring (bicyclic) bond motifs is 1. The van der Waals surface area contributed by atoms with E-state index in [1.165, 1.54) is 0 Å². The van der Waals surface area contributed by atoms with Crippen LogP contribution in [0.4, 0.5) is 5.69 Å². The summed E-state index contributed by atoms with van der Waals surface area (Å²) in [4.78, 5) is 28.6. The standard InChI is InChI=1S/C19H28N4O3/c1-13(2)23-7-5-14(6-8-23)10-22-11-16-9-15(19(25)21-26)3-4-17(16)20-18(24)12-22/h3-4,9,13-14,26H,5-8,10-12H2,1-2H3,(H,20,24)(H,21,25). The molecule has 2 amide bonds. The van der Waals surface area contributed by atoms with E-state index < -0.39 is 5.91 Å². The fraction of sp³-hybridized carbons (Fsp3) is 0.579. The quantitative estimate of drug-likeness (QED) is 0.562. The summed E-state index contributed by atoms with van der Waals surface area (Å²) in [6.07, 6.45) is 2.30. The molecule has 2 heterocycles. The van der Waals surface area contributed by atoms with E-state index in [9.17, 15) is 9.59 Å². The minimum Gasteiger partial charge on any atom is -0.325 e. The number of rotatable bonds is 4. The zero-order valence-electron chi connectivity index (χ0n) is 15.5. The molecule has 3 N–H and O–H groups in total. The molecule has 0 spiro atoms. The Morgan fingerprint density at radius 2 is 2.04 bits per heavy atom. The van der Waals surface area contributed by atoms with Gasteiger partial charge in [0.25, 0.3) is 5.91 Å². The first-order valence-electron chi connectivity index (χ1n) is 9.30. The third-order valence-electron chi connectivity index (χ3n) is 5.40. The van der Waals surface area contributed by atoms with Gasteiger partial charge in [0.05, 0.1) is 6.54 Å². The van der Waals surface area contributed by atoms with E-state index in [-0.39, 0.29) is 5.91 Å². The lowest BCUT2D eigenvalue weighted by molar-refractivity contribution is -0.117. The minimum absolute atomic E-state index is 0.0253. The van der Waals surface area contributed by atoms with Gasteiger partial charge in [0, 0.05) is 30.4 Å². The van der Waals surface area contributed by atoms with Crippen LogP contribution < -0.4 is 10.8 Å². The van der Waals surface area contributed by atoms with Crippen molar-refractivity contribution in [1.29, 1.82) is 0 Å². The predicted octanol–water partition coefficient (Wildman–Crippen LogP) is 1.68. The molecule has 0 aromatic heterocycles. The molecule has 7 nitrogen and oxygen atoms in total. The van der Waals surface area contributed by atoms with Crippen LogP contribution in [0.25, 0.3) is 0 Å². The topological polar surface area (TPSA) is 84.9 Å². The number of hydrogen-bond acceptors (Lipinski definition) is 5. The first-order chi connectivity index (χ1) is 12.5. The Morgan fingerprint density at radius 1 is 1.31 bits per heavy atom. The van der Waals surface area contributed by atoms with Gasteiger partial charge in [0.1, 0.15) is 0 Å². The molecule has 1 fully saturated rings. The lowest BCUT2D eigenvalue weighted by atomic mass is 9.95. The fourth-order valence-corrected chi connectivity index (χ4v) is 3.89. The molecule has 26 heavy (non-hydrogen) atoms. The SMILES string of the molecule is CC(C)N1CCC(CN2CC(=O)Nc3ccc(C(=O)NO)cc3C2)CC1. The molecule has 1 aromatic rings. The van der Waals surface area contributed by atoms with Crippen molar-refractivity contribution in [2.24, 2.45) is 5.92 Å².